The number of rotatable bonds is 4. The molecule has 3 aromatic rings. The number of primary amides is 1. The minimum absolute atomic E-state index is 0.00289. The second-order valence-corrected chi connectivity index (χ2v) is 6.65. The molecule has 0 aliphatic carbocycles. The second-order valence-electron chi connectivity index (χ2n) is 5.46. The summed E-state index contributed by atoms with van der Waals surface area (Å²) in [4.78, 5) is 28.1. The maximum Gasteiger partial charge on any atom is 0.295 e. The highest BCUT2D eigenvalue weighted by molar-refractivity contribution is 7.17. The molecule has 3 rings (SSSR count). The fourth-order valence-corrected chi connectivity index (χ4v) is 3.60. The average molecular weight is 385 g/mol. The largest absolute Gasteiger partial charge is 0.364 e. The highest BCUT2D eigenvalue weighted by Crippen LogP contribution is 2.26. The van der Waals surface area contributed by atoms with E-state index in [-0.39, 0.29) is 16.2 Å². The number of hydrogen-bond acceptors (Lipinski definition) is 4. The standard InChI is InChI=1S/C16H11F4N3O2S/c1-6-12(14(21)24)23-15(25)11(18)9(22-16(23)26-6)5-7-3-2-4-8(10(7)17)13(19)20/h2-4,13H,5H2,1H3,(H2,21,24). The predicted octanol–water partition coefficient (Wildman–Crippen LogP) is 2.97. The molecule has 0 unspecified atom stereocenters. The summed E-state index contributed by atoms with van der Waals surface area (Å²) in [5.41, 5.74) is 2.43. The Labute approximate surface area is 147 Å². The zero-order valence-electron chi connectivity index (χ0n) is 13.2. The number of aryl methyl sites for hydroxylation is 1. The molecule has 10 heteroatoms. The number of thiazole rings is 1. The van der Waals surface area contributed by atoms with E-state index in [9.17, 15) is 27.2 Å². The number of amides is 1. The molecule has 0 bridgehead atoms. The van der Waals surface area contributed by atoms with Crippen molar-refractivity contribution < 1.29 is 22.4 Å². The van der Waals surface area contributed by atoms with Crippen LogP contribution in [0.15, 0.2) is 23.0 Å². The van der Waals surface area contributed by atoms with Crippen molar-refractivity contribution >= 4 is 22.2 Å². The van der Waals surface area contributed by atoms with Gasteiger partial charge in [0.1, 0.15) is 11.5 Å². The van der Waals surface area contributed by atoms with Crippen LogP contribution in [0.4, 0.5) is 17.6 Å². The van der Waals surface area contributed by atoms with E-state index < -0.39 is 47.2 Å². The molecule has 136 valence electrons. The van der Waals surface area contributed by atoms with E-state index in [0.717, 1.165) is 21.8 Å². The molecule has 0 atom stereocenters. The van der Waals surface area contributed by atoms with Gasteiger partial charge < -0.3 is 5.73 Å². The molecule has 0 fully saturated rings. The summed E-state index contributed by atoms with van der Waals surface area (Å²) in [6, 6.07) is 3.34. The molecule has 2 aromatic heterocycles. The van der Waals surface area contributed by atoms with Crippen molar-refractivity contribution in [1.82, 2.24) is 9.38 Å². The quantitative estimate of drug-likeness (QED) is 0.702. The third kappa shape index (κ3) is 2.85. The number of nitrogens with two attached hydrogens (primary N) is 1. The summed E-state index contributed by atoms with van der Waals surface area (Å²) >= 11 is 0.938. The van der Waals surface area contributed by atoms with Crippen LogP contribution in [0.1, 0.15) is 38.6 Å². The SMILES string of the molecule is Cc1sc2nc(Cc3cccc(C(F)F)c3F)c(F)c(=O)n2c1C(N)=O. The van der Waals surface area contributed by atoms with E-state index in [2.05, 4.69) is 4.98 Å². The van der Waals surface area contributed by atoms with Crippen molar-refractivity contribution in [2.24, 2.45) is 5.73 Å². The zero-order valence-corrected chi connectivity index (χ0v) is 14.0. The first-order valence-electron chi connectivity index (χ1n) is 7.28. The lowest BCUT2D eigenvalue weighted by molar-refractivity contribution is 0.0994. The molecule has 0 radical (unpaired) electrons. The first-order chi connectivity index (χ1) is 12.2. The fourth-order valence-electron chi connectivity index (χ4n) is 2.62. The number of fused-ring (bicyclic) bond motifs is 1. The molecular weight excluding hydrogens is 374 g/mol. The lowest BCUT2D eigenvalue weighted by Crippen LogP contribution is -2.26. The minimum Gasteiger partial charge on any atom is -0.364 e. The van der Waals surface area contributed by atoms with Gasteiger partial charge in [0.05, 0.1) is 11.3 Å². The van der Waals surface area contributed by atoms with Gasteiger partial charge in [-0.15, -0.1) is 11.3 Å². The topological polar surface area (TPSA) is 77.5 Å². The molecule has 0 saturated heterocycles. The van der Waals surface area contributed by atoms with E-state index in [1.807, 2.05) is 0 Å². The van der Waals surface area contributed by atoms with Crippen LogP contribution in [0, 0.1) is 18.6 Å². The number of carbonyl (C=O) groups is 1. The van der Waals surface area contributed by atoms with Crippen molar-refractivity contribution in [3.8, 4) is 0 Å². The van der Waals surface area contributed by atoms with Crippen LogP contribution in [0.25, 0.3) is 4.96 Å². The first kappa shape index (κ1) is 18.1. The summed E-state index contributed by atoms with van der Waals surface area (Å²) in [6.07, 6.45) is -3.52. The summed E-state index contributed by atoms with van der Waals surface area (Å²) < 4.78 is 55.0. The molecule has 0 spiro atoms. The number of benzene rings is 1. The molecule has 2 N–H and O–H groups in total. The Bertz CT molecular complexity index is 1090. The third-order valence-corrected chi connectivity index (χ3v) is 4.76. The summed E-state index contributed by atoms with van der Waals surface area (Å²) in [7, 11) is 0. The summed E-state index contributed by atoms with van der Waals surface area (Å²) in [6.45, 7) is 1.52. The fraction of sp³-hybridized carbons (Fsp3) is 0.188. The smallest absolute Gasteiger partial charge is 0.295 e. The van der Waals surface area contributed by atoms with Crippen LogP contribution in [-0.4, -0.2) is 15.3 Å². The first-order valence-corrected chi connectivity index (χ1v) is 8.09. The van der Waals surface area contributed by atoms with Crippen molar-refractivity contribution in [3.05, 3.63) is 67.6 Å². The molecule has 26 heavy (non-hydrogen) atoms. The Morgan fingerprint density at radius 3 is 2.62 bits per heavy atom. The normalized spacial score (nSPS) is 11.5. The zero-order chi connectivity index (χ0) is 19.2. The van der Waals surface area contributed by atoms with Crippen LogP contribution < -0.4 is 11.3 Å². The van der Waals surface area contributed by atoms with Crippen LogP contribution in [-0.2, 0) is 6.42 Å². The maximum absolute atomic E-state index is 14.4. The number of carbonyl (C=O) groups excluding carboxylic acids is 1. The molecule has 0 saturated carbocycles. The van der Waals surface area contributed by atoms with Crippen LogP contribution in [0.5, 0.6) is 0 Å². The van der Waals surface area contributed by atoms with Crippen molar-refractivity contribution in [3.63, 3.8) is 0 Å². The van der Waals surface area contributed by atoms with E-state index in [4.69, 9.17) is 5.73 Å². The van der Waals surface area contributed by atoms with Crippen LogP contribution >= 0.6 is 11.3 Å². The molecule has 1 aromatic carbocycles. The van der Waals surface area contributed by atoms with Gasteiger partial charge in [0.15, 0.2) is 4.96 Å². The van der Waals surface area contributed by atoms with Crippen molar-refractivity contribution in [2.45, 2.75) is 19.8 Å². The van der Waals surface area contributed by atoms with Gasteiger partial charge in [-0.05, 0) is 12.5 Å². The summed E-state index contributed by atoms with van der Waals surface area (Å²) in [5.74, 6) is -3.39. The van der Waals surface area contributed by atoms with Crippen molar-refractivity contribution in [2.75, 3.05) is 0 Å². The highest BCUT2D eigenvalue weighted by Gasteiger charge is 2.23. The molecule has 1 amide bonds. The minimum atomic E-state index is -3.03. The number of halogens is 4. The maximum atomic E-state index is 14.4. The van der Waals surface area contributed by atoms with Gasteiger partial charge in [-0.3, -0.25) is 9.59 Å². The average Bonchev–Trinajstić information content (AvgIpc) is 2.90. The summed E-state index contributed by atoms with van der Waals surface area (Å²) in [5, 5.41) is 0. The number of hydrogen-bond donors (Lipinski definition) is 1. The van der Waals surface area contributed by atoms with Crippen LogP contribution in [0.3, 0.4) is 0 Å². The monoisotopic (exact) mass is 385 g/mol. The Kier molecular flexibility index (Phi) is 4.53. The number of nitrogens with zero attached hydrogens (tertiary/aromatic N) is 2. The van der Waals surface area contributed by atoms with Gasteiger partial charge in [-0.25, -0.2) is 22.6 Å². The van der Waals surface area contributed by atoms with Gasteiger partial charge in [0, 0.05) is 11.3 Å². The van der Waals surface area contributed by atoms with E-state index in [1.165, 1.54) is 19.1 Å². The predicted molar refractivity (Wildman–Crippen MR) is 86.7 cm³/mol. The molecule has 5 nitrogen and oxygen atoms in total. The highest BCUT2D eigenvalue weighted by atomic mass is 32.1. The Morgan fingerprint density at radius 1 is 1.31 bits per heavy atom. The van der Waals surface area contributed by atoms with Gasteiger partial charge >= 0.3 is 0 Å². The molecule has 2 heterocycles. The lowest BCUT2D eigenvalue weighted by atomic mass is 10.0. The van der Waals surface area contributed by atoms with Gasteiger partial charge in [0.2, 0.25) is 5.82 Å². The Morgan fingerprint density at radius 2 is 2.00 bits per heavy atom. The lowest BCUT2D eigenvalue weighted by Gasteiger charge is -2.08. The van der Waals surface area contributed by atoms with Crippen LogP contribution in [0.2, 0.25) is 0 Å². The van der Waals surface area contributed by atoms with E-state index >= 15 is 0 Å². The second kappa shape index (κ2) is 6.52. The van der Waals surface area contributed by atoms with Gasteiger partial charge in [0.25, 0.3) is 17.9 Å². The van der Waals surface area contributed by atoms with Crippen molar-refractivity contribution in [1.29, 1.82) is 0 Å². The Balaban J connectivity index is 2.17. The molecule has 0 aliphatic rings. The van der Waals surface area contributed by atoms with Gasteiger partial charge in [-0.2, -0.15) is 4.39 Å². The molecular formula is C16H11F4N3O2S. The van der Waals surface area contributed by atoms with E-state index in [1.54, 1.807) is 0 Å². The van der Waals surface area contributed by atoms with Gasteiger partial charge in [-0.1, -0.05) is 18.2 Å². The molecule has 0 aliphatic heterocycles. The third-order valence-electron chi connectivity index (χ3n) is 3.80. The Hall–Kier alpha value is -2.75. The van der Waals surface area contributed by atoms with E-state index in [0.29, 0.717) is 4.88 Å². The number of aromatic nitrogens is 2. The number of alkyl halides is 2.